The summed E-state index contributed by atoms with van der Waals surface area (Å²) in [6.07, 6.45) is 5.52. The maximum absolute atomic E-state index is 10.5. The van der Waals surface area contributed by atoms with E-state index in [-0.39, 0.29) is 5.54 Å². The van der Waals surface area contributed by atoms with Crippen molar-refractivity contribution in [2.75, 3.05) is 13.4 Å². The van der Waals surface area contributed by atoms with Crippen LogP contribution in [-0.4, -0.2) is 19.4 Å². The van der Waals surface area contributed by atoms with Gasteiger partial charge >= 0.3 is 0 Å². The number of rotatable bonds is 4. The number of benzene rings is 1. The van der Waals surface area contributed by atoms with Crippen LogP contribution in [0.25, 0.3) is 0 Å². The first-order chi connectivity index (χ1) is 8.16. The molecule has 0 aliphatic heterocycles. The van der Waals surface area contributed by atoms with Crippen molar-refractivity contribution in [3.63, 3.8) is 0 Å². The van der Waals surface area contributed by atoms with Crippen LogP contribution in [0.15, 0.2) is 22.0 Å². The third kappa shape index (κ3) is 2.11. The van der Waals surface area contributed by atoms with E-state index < -0.39 is 0 Å². The van der Waals surface area contributed by atoms with Gasteiger partial charge in [-0.3, -0.25) is 0 Å². The molecule has 4 heteroatoms. The molecular formula is C13H15NO2S. The van der Waals surface area contributed by atoms with Gasteiger partial charge in [-0.15, -0.1) is 11.8 Å². The summed E-state index contributed by atoms with van der Waals surface area (Å²) in [7, 11) is 1.65. The normalized spacial score (nSPS) is 16.2. The zero-order chi connectivity index (χ0) is 12.5. The van der Waals surface area contributed by atoms with Gasteiger partial charge in [0.05, 0.1) is 7.11 Å². The summed E-state index contributed by atoms with van der Waals surface area (Å²) in [5, 5.41) is 0. The number of thioether (sulfide) groups is 1. The van der Waals surface area contributed by atoms with Gasteiger partial charge in [0.2, 0.25) is 6.08 Å². The molecule has 2 rings (SSSR count). The lowest BCUT2D eigenvalue weighted by molar-refractivity contribution is 0.403. The Morgan fingerprint density at radius 3 is 2.65 bits per heavy atom. The number of isocyanates is 1. The van der Waals surface area contributed by atoms with E-state index in [1.54, 1.807) is 25.0 Å². The number of aryl methyl sites for hydroxylation is 1. The minimum atomic E-state index is -0.370. The Kier molecular flexibility index (Phi) is 3.27. The van der Waals surface area contributed by atoms with E-state index in [0.29, 0.717) is 0 Å². The van der Waals surface area contributed by atoms with Gasteiger partial charge in [0.25, 0.3) is 0 Å². The van der Waals surface area contributed by atoms with Crippen LogP contribution in [0, 0.1) is 6.92 Å². The van der Waals surface area contributed by atoms with Gasteiger partial charge < -0.3 is 4.74 Å². The Morgan fingerprint density at radius 2 is 2.18 bits per heavy atom. The van der Waals surface area contributed by atoms with E-state index in [0.717, 1.165) is 24.2 Å². The number of nitrogens with zero attached hydrogens (tertiary/aromatic N) is 1. The second kappa shape index (κ2) is 4.55. The molecule has 17 heavy (non-hydrogen) atoms. The first-order valence-corrected chi connectivity index (χ1v) is 6.71. The zero-order valence-electron chi connectivity index (χ0n) is 10.2. The van der Waals surface area contributed by atoms with Crippen molar-refractivity contribution in [3.05, 3.63) is 23.3 Å². The third-order valence-electron chi connectivity index (χ3n) is 3.20. The average Bonchev–Trinajstić information content (AvgIpc) is 3.10. The molecule has 0 saturated heterocycles. The van der Waals surface area contributed by atoms with E-state index in [4.69, 9.17) is 4.74 Å². The average molecular weight is 249 g/mol. The molecule has 0 radical (unpaired) electrons. The van der Waals surface area contributed by atoms with E-state index in [1.165, 1.54) is 10.5 Å². The fourth-order valence-corrected chi connectivity index (χ4v) is 2.68. The molecule has 1 fully saturated rings. The van der Waals surface area contributed by atoms with Crippen LogP contribution in [0.5, 0.6) is 5.75 Å². The van der Waals surface area contributed by atoms with Crippen LogP contribution >= 0.6 is 11.8 Å². The molecular weight excluding hydrogens is 234 g/mol. The quantitative estimate of drug-likeness (QED) is 0.467. The highest BCUT2D eigenvalue weighted by Gasteiger charge is 2.47. The van der Waals surface area contributed by atoms with Crippen molar-refractivity contribution in [2.24, 2.45) is 4.99 Å². The fourth-order valence-electron chi connectivity index (χ4n) is 2.06. The molecule has 0 aromatic heterocycles. The second-order valence-corrected chi connectivity index (χ2v) is 5.10. The minimum absolute atomic E-state index is 0.370. The Labute approximate surface area is 105 Å². The molecule has 1 aliphatic carbocycles. The van der Waals surface area contributed by atoms with Gasteiger partial charge in [0, 0.05) is 10.5 Å². The van der Waals surface area contributed by atoms with E-state index >= 15 is 0 Å². The summed E-state index contributed by atoms with van der Waals surface area (Å²) >= 11 is 1.69. The molecule has 0 amide bonds. The maximum atomic E-state index is 10.5. The Hall–Kier alpha value is -1.25. The fraction of sp³-hybridized carbons (Fsp3) is 0.462. The highest BCUT2D eigenvalue weighted by Crippen LogP contribution is 2.53. The van der Waals surface area contributed by atoms with E-state index in [9.17, 15) is 4.79 Å². The smallest absolute Gasteiger partial charge is 0.235 e. The number of ether oxygens (including phenoxy) is 1. The van der Waals surface area contributed by atoms with Crippen LogP contribution in [0.4, 0.5) is 0 Å². The zero-order valence-corrected chi connectivity index (χ0v) is 11.1. The Balaban J connectivity index is 2.55. The van der Waals surface area contributed by atoms with Crippen LogP contribution in [0.3, 0.4) is 0 Å². The second-order valence-electron chi connectivity index (χ2n) is 4.26. The predicted molar refractivity (Wildman–Crippen MR) is 68.5 cm³/mol. The molecule has 0 N–H and O–H groups in total. The van der Waals surface area contributed by atoms with Gasteiger partial charge in [-0.25, -0.2) is 4.79 Å². The molecule has 3 nitrogen and oxygen atoms in total. The van der Waals surface area contributed by atoms with Crippen molar-refractivity contribution in [1.82, 2.24) is 0 Å². The van der Waals surface area contributed by atoms with Crippen LogP contribution in [-0.2, 0) is 10.3 Å². The Morgan fingerprint density at radius 1 is 1.47 bits per heavy atom. The van der Waals surface area contributed by atoms with E-state index in [1.807, 2.05) is 12.3 Å². The van der Waals surface area contributed by atoms with Gasteiger partial charge in [-0.05, 0) is 43.7 Å². The van der Waals surface area contributed by atoms with Crippen LogP contribution in [0.1, 0.15) is 24.0 Å². The molecule has 1 saturated carbocycles. The largest absolute Gasteiger partial charge is 0.496 e. The lowest BCUT2D eigenvalue weighted by Gasteiger charge is -2.16. The standard InChI is InChI=1S/C13H15NO2S/c1-9-6-11(16-2)10(7-12(9)17-3)13(4-5-13)14-8-15/h6-7H,4-5H2,1-3H3. The molecule has 0 spiro atoms. The lowest BCUT2D eigenvalue weighted by Crippen LogP contribution is -2.06. The highest BCUT2D eigenvalue weighted by atomic mass is 32.2. The third-order valence-corrected chi connectivity index (χ3v) is 4.08. The number of methoxy groups -OCH3 is 1. The van der Waals surface area contributed by atoms with Gasteiger partial charge in [-0.1, -0.05) is 0 Å². The molecule has 0 heterocycles. The van der Waals surface area contributed by atoms with Gasteiger partial charge in [0.1, 0.15) is 11.3 Å². The summed E-state index contributed by atoms with van der Waals surface area (Å²) in [5.74, 6) is 0.816. The number of hydrogen-bond donors (Lipinski definition) is 0. The molecule has 1 aromatic rings. The summed E-state index contributed by atoms with van der Waals surface area (Å²) in [6.45, 7) is 2.06. The van der Waals surface area contributed by atoms with Crippen molar-refractivity contribution < 1.29 is 9.53 Å². The SMILES string of the molecule is COc1cc(C)c(SC)cc1C1(N=C=O)CC1. The van der Waals surface area contributed by atoms with E-state index in [2.05, 4.69) is 18.0 Å². The molecule has 1 aromatic carbocycles. The van der Waals surface area contributed by atoms with Crippen molar-refractivity contribution in [3.8, 4) is 5.75 Å². The number of carbonyl (C=O) groups excluding carboxylic acids is 1. The lowest BCUT2D eigenvalue weighted by atomic mass is 10.0. The van der Waals surface area contributed by atoms with Crippen LogP contribution < -0.4 is 4.74 Å². The molecule has 0 bridgehead atoms. The Bertz CT molecular complexity index is 488. The monoisotopic (exact) mass is 249 g/mol. The van der Waals surface area contributed by atoms with Crippen LogP contribution in [0.2, 0.25) is 0 Å². The highest BCUT2D eigenvalue weighted by molar-refractivity contribution is 7.98. The molecule has 0 atom stereocenters. The van der Waals surface area contributed by atoms with Crippen molar-refractivity contribution in [2.45, 2.75) is 30.2 Å². The first kappa shape index (κ1) is 12.2. The van der Waals surface area contributed by atoms with Gasteiger partial charge in [-0.2, -0.15) is 4.99 Å². The number of hydrogen-bond acceptors (Lipinski definition) is 4. The summed E-state index contributed by atoms with van der Waals surface area (Å²) in [5.41, 5.74) is 1.83. The summed E-state index contributed by atoms with van der Waals surface area (Å²) < 4.78 is 5.40. The topological polar surface area (TPSA) is 38.7 Å². The first-order valence-electron chi connectivity index (χ1n) is 5.49. The molecule has 0 unspecified atom stereocenters. The molecule has 1 aliphatic rings. The molecule has 90 valence electrons. The van der Waals surface area contributed by atoms with Gasteiger partial charge in [0.15, 0.2) is 0 Å². The van der Waals surface area contributed by atoms with Crippen molar-refractivity contribution in [1.29, 1.82) is 0 Å². The number of aliphatic imine (C=N–C) groups is 1. The van der Waals surface area contributed by atoms with Crippen molar-refractivity contribution >= 4 is 17.8 Å². The minimum Gasteiger partial charge on any atom is -0.496 e. The predicted octanol–water partition coefficient (Wildman–Crippen LogP) is 3.05. The summed E-state index contributed by atoms with van der Waals surface area (Å²) in [6, 6.07) is 4.11. The maximum Gasteiger partial charge on any atom is 0.235 e. The summed E-state index contributed by atoms with van der Waals surface area (Å²) in [4.78, 5) is 15.7.